The Morgan fingerprint density at radius 1 is 0.857 bits per heavy atom. The van der Waals surface area contributed by atoms with E-state index in [0.29, 0.717) is 5.75 Å². The van der Waals surface area contributed by atoms with Gasteiger partial charge in [-0.1, -0.05) is 36.4 Å². The van der Waals surface area contributed by atoms with Gasteiger partial charge in [0.2, 0.25) is 0 Å². The molecule has 0 atom stereocenters. The van der Waals surface area contributed by atoms with Gasteiger partial charge in [-0.3, -0.25) is 0 Å². The summed E-state index contributed by atoms with van der Waals surface area (Å²) in [5.41, 5.74) is 2.30. The Bertz CT molecular complexity index is 437. The summed E-state index contributed by atoms with van der Waals surface area (Å²) in [4.78, 5) is 0. The standard InChI is InChI=1S/C12H9IO/c13-11-8-10(6-7-12(11)14)9-4-2-1-3-5-9/h1-8,14H. The molecule has 0 heterocycles. The summed E-state index contributed by atoms with van der Waals surface area (Å²) >= 11 is 2.13. The van der Waals surface area contributed by atoms with E-state index in [2.05, 4.69) is 34.7 Å². The maximum atomic E-state index is 9.38. The SMILES string of the molecule is Oc1ccc(-c2ccccc2)cc1I. The first-order valence-electron chi connectivity index (χ1n) is 4.31. The predicted molar refractivity (Wildman–Crippen MR) is 66.3 cm³/mol. The maximum absolute atomic E-state index is 9.38. The summed E-state index contributed by atoms with van der Waals surface area (Å²) in [6, 6.07) is 15.8. The molecule has 0 saturated carbocycles. The van der Waals surface area contributed by atoms with Crippen molar-refractivity contribution < 1.29 is 5.11 Å². The number of halogens is 1. The highest BCUT2D eigenvalue weighted by Crippen LogP contribution is 2.26. The van der Waals surface area contributed by atoms with Crippen LogP contribution in [0.4, 0.5) is 0 Å². The molecular weight excluding hydrogens is 287 g/mol. The Morgan fingerprint density at radius 3 is 2.21 bits per heavy atom. The largest absolute Gasteiger partial charge is 0.507 e. The van der Waals surface area contributed by atoms with Crippen LogP contribution in [0, 0.1) is 3.57 Å². The average Bonchev–Trinajstić information content (AvgIpc) is 2.23. The van der Waals surface area contributed by atoms with Crippen LogP contribution in [0.1, 0.15) is 0 Å². The molecule has 0 saturated heterocycles. The van der Waals surface area contributed by atoms with Crippen molar-refractivity contribution in [2.24, 2.45) is 0 Å². The van der Waals surface area contributed by atoms with Gasteiger partial charge in [0.15, 0.2) is 0 Å². The molecule has 1 N–H and O–H groups in total. The highest BCUT2D eigenvalue weighted by Gasteiger charge is 2.00. The Morgan fingerprint density at radius 2 is 1.57 bits per heavy atom. The van der Waals surface area contributed by atoms with Gasteiger partial charge in [-0.05, 0) is 45.9 Å². The lowest BCUT2D eigenvalue weighted by atomic mass is 10.1. The highest BCUT2D eigenvalue weighted by molar-refractivity contribution is 14.1. The number of rotatable bonds is 1. The minimum atomic E-state index is 0.338. The molecular formula is C12H9IO. The van der Waals surface area contributed by atoms with Crippen LogP contribution < -0.4 is 0 Å². The van der Waals surface area contributed by atoms with Crippen LogP contribution in [0.2, 0.25) is 0 Å². The monoisotopic (exact) mass is 296 g/mol. The van der Waals surface area contributed by atoms with E-state index >= 15 is 0 Å². The smallest absolute Gasteiger partial charge is 0.128 e. The van der Waals surface area contributed by atoms with E-state index < -0.39 is 0 Å². The third-order valence-electron chi connectivity index (χ3n) is 2.05. The number of aromatic hydroxyl groups is 1. The fourth-order valence-corrected chi connectivity index (χ4v) is 1.83. The molecule has 2 rings (SSSR count). The van der Waals surface area contributed by atoms with Crippen LogP contribution in [-0.4, -0.2) is 5.11 Å². The van der Waals surface area contributed by atoms with Crippen molar-refractivity contribution in [3.8, 4) is 16.9 Å². The molecule has 0 spiro atoms. The third kappa shape index (κ3) is 1.90. The lowest BCUT2D eigenvalue weighted by molar-refractivity contribution is 0.471. The van der Waals surface area contributed by atoms with E-state index in [1.165, 1.54) is 5.56 Å². The topological polar surface area (TPSA) is 20.2 Å². The summed E-state index contributed by atoms with van der Waals surface area (Å²) in [6.07, 6.45) is 0. The molecule has 2 aromatic carbocycles. The number of phenolic OH excluding ortho intramolecular Hbond substituents is 1. The molecule has 1 nitrogen and oxygen atoms in total. The minimum absolute atomic E-state index is 0.338. The lowest BCUT2D eigenvalue weighted by Crippen LogP contribution is -1.79. The van der Waals surface area contributed by atoms with Crippen LogP contribution in [0.25, 0.3) is 11.1 Å². The van der Waals surface area contributed by atoms with Crippen LogP contribution in [0.5, 0.6) is 5.75 Å². The zero-order valence-corrected chi connectivity index (χ0v) is 9.60. The molecule has 70 valence electrons. The lowest BCUT2D eigenvalue weighted by Gasteiger charge is -2.03. The molecule has 14 heavy (non-hydrogen) atoms. The summed E-state index contributed by atoms with van der Waals surface area (Å²) in [5, 5.41) is 9.38. The van der Waals surface area contributed by atoms with E-state index in [-0.39, 0.29) is 0 Å². The Balaban J connectivity index is 2.48. The van der Waals surface area contributed by atoms with E-state index in [1.807, 2.05) is 30.3 Å². The fourth-order valence-electron chi connectivity index (χ4n) is 1.32. The fraction of sp³-hybridized carbons (Fsp3) is 0. The van der Waals surface area contributed by atoms with Gasteiger partial charge in [0.1, 0.15) is 5.75 Å². The molecule has 2 heteroatoms. The predicted octanol–water partition coefficient (Wildman–Crippen LogP) is 3.66. The number of hydrogen-bond acceptors (Lipinski definition) is 1. The zero-order valence-electron chi connectivity index (χ0n) is 7.44. The first kappa shape index (κ1) is 9.52. The van der Waals surface area contributed by atoms with Crippen molar-refractivity contribution in [3.63, 3.8) is 0 Å². The summed E-state index contributed by atoms with van der Waals surface area (Å²) in [5.74, 6) is 0.338. The molecule has 0 unspecified atom stereocenters. The van der Waals surface area contributed by atoms with Crippen LogP contribution in [0.15, 0.2) is 48.5 Å². The number of benzene rings is 2. The van der Waals surface area contributed by atoms with Crippen molar-refractivity contribution in [1.29, 1.82) is 0 Å². The van der Waals surface area contributed by atoms with E-state index in [9.17, 15) is 5.11 Å². The molecule has 0 radical (unpaired) electrons. The Kier molecular flexibility index (Phi) is 2.72. The average molecular weight is 296 g/mol. The summed E-state index contributed by atoms with van der Waals surface area (Å²) < 4.78 is 0.879. The molecule has 0 aliphatic heterocycles. The first-order valence-corrected chi connectivity index (χ1v) is 5.39. The molecule has 0 amide bonds. The van der Waals surface area contributed by atoms with Gasteiger partial charge in [0, 0.05) is 0 Å². The van der Waals surface area contributed by atoms with Gasteiger partial charge in [-0.15, -0.1) is 0 Å². The molecule has 0 aromatic heterocycles. The van der Waals surface area contributed by atoms with Gasteiger partial charge < -0.3 is 5.11 Å². The van der Waals surface area contributed by atoms with E-state index in [1.54, 1.807) is 6.07 Å². The van der Waals surface area contributed by atoms with E-state index in [4.69, 9.17) is 0 Å². The molecule has 0 aliphatic rings. The van der Waals surface area contributed by atoms with Crippen LogP contribution >= 0.6 is 22.6 Å². The quantitative estimate of drug-likeness (QED) is 0.796. The molecule has 0 fully saturated rings. The Labute approximate surface area is 96.5 Å². The number of phenols is 1. The Hall–Kier alpha value is -1.03. The summed E-state index contributed by atoms with van der Waals surface area (Å²) in [6.45, 7) is 0. The first-order chi connectivity index (χ1) is 6.77. The normalized spacial score (nSPS) is 10.1. The van der Waals surface area contributed by atoms with Gasteiger partial charge >= 0.3 is 0 Å². The molecule has 0 bridgehead atoms. The van der Waals surface area contributed by atoms with Crippen molar-refractivity contribution in [2.45, 2.75) is 0 Å². The van der Waals surface area contributed by atoms with Crippen molar-refractivity contribution in [3.05, 3.63) is 52.1 Å². The zero-order chi connectivity index (χ0) is 9.97. The molecule has 2 aromatic rings. The van der Waals surface area contributed by atoms with Gasteiger partial charge in [0.05, 0.1) is 3.57 Å². The second-order valence-corrected chi connectivity index (χ2v) is 4.19. The second-order valence-electron chi connectivity index (χ2n) is 3.03. The molecule has 0 aliphatic carbocycles. The minimum Gasteiger partial charge on any atom is -0.507 e. The van der Waals surface area contributed by atoms with Crippen molar-refractivity contribution >= 4 is 22.6 Å². The highest BCUT2D eigenvalue weighted by atomic mass is 127. The van der Waals surface area contributed by atoms with Gasteiger partial charge in [0.25, 0.3) is 0 Å². The van der Waals surface area contributed by atoms with Crippen molar-refractivity contribution in [2.75, 3.05) is 0 Å². The van der Waals surface area contributed by atoms with Crippen molar-refractivity contribution in [1.82, 2.24) is 0 Å². The van der Waals surface area contributed by atoms with Gasteiger partial charge in [-0.25, -0.2) is 0 Å². The second kappa shape index (κ2) is 4.00. The van der Waals surface area contributed by atoms with Crippen LogP contribution in [0.3, 0.4) is 0 Å². The number of hydrogen-bond donors (Lipinski definition) is 1. The van der Waals surface area contributed by atoms with Crippen LogP contribution in [-0.2, 0) is 0 Å². The third-order valence-corrected chi connectivity index (χ3v) is 2.92. The van der Waals surface area contributed by atoms with E-state index in [0.717, 1.165) is 9.13 Å². The van der Waals surface area contributed by atoms with Gasteiger partial charge in [-0.2, -0.15) is 0 Å². The maximum Gasteiger partial charge on any atom is 0.128 e. The summed E-state index contributed by atoms with van der Waals surface area (Å²) in [7, 11) is 0.